The third-order valence-electron chi connectivity index (χ3n) is 6.23. The molecule has 0 saturated carbocycles. The van der Waals surface area contributed by atoms with Crippen molar-refractivity contribution in [1.82, 2.24) is 19.4 Å². The summed E-state index contributed by atoms with van der Waals surface area (Å²) in [6, 6.07) is 19.7. The summed E-state index contributed by atoms with van der Waals surface area (Å²) in [5.74, 6) is -1.20. The molecule has 2 amide bonds. The Morgan fingerprint density at radius 2 is 1.73 bits per heavy atom. The molecule has 4 aromatic rings. The number of fused-ring (bicyclic) bond motifs is 1. The van der Waals surface area contributed by atoms with E-state index in [4.69, 9.17) is 11.6 Å². The molecule has 0 aliphatic carbocycles. The van der Waals surface area contributed by atoms with E-state index in [0.29, 0.717) is 26.4 Å². The Labute approximate surface area is 225 Å². The average molecular weight is 584 g/mol. The number of hydrogen-bond donors (Lipinski definition) is 1. The van der Waals surface area contributed by atoms with Crippen molar-refractivity contribution < 1.29 is 14.0 Å². The van der Waals surface area contributed by atoms with E-state index in [1.54, 1.807) is 23.1 Å². The maximum atomic E-state index is 13.6. The monoisotopic (exact) mass is 582 g/mol. The molecule has 1 aromatic heterocycles. The average Bonchev–Trinajstić information content (AvgIpc) is 3.21. The molecule has 37 heavy (non-hydrogen) atoms. The van der Waals surface area contributed by atoms with Crippen LogP contribution in [-0.2, 0) is 19.6 Å². The highest BCUT2D eigenvalue weighted by molar-refractivity contribution is 9.10. The van der Waals surface area contributed by atoms with Crippen molar-refractivity contribution in [2.75, 3.05) is 6.54 Å². The summed E-state index contributed by atoms with van der Waals surface area (Å²) >= 11 is 9.51. The van der Waals surface area contributed by atoms with Crippen LogP contribution in [0.3, 0.4) is 0 Å². The smallest absolute Gasteiger partial charge is 0.333 e. The van der Waals surface area contributed by atoms with Crippen molar-refractivity contribution >= 4 is 39.3 Å². The molecule has 0 unspecified atom stereocenters. The number of nitrogens with zero attached hydrogens (tertiary/aromatic N) is 3. The zero-order valence-electron chi connectivity index (χ0n) is 19.5. The van der Waals surface area contributed by atoms with Crippen LogP contribution < -0.4 is 11.0 Å². The van der Waals surface area contributed by atoms with Gasteiger partial charge in [0, 0.05) is 29.7 Å². The lowest BCUT2D eigenvalue weighted by Gasteiger charge is -2.28. The van der Waals surface area contributed by atoms with Crippen LogP contribution in [0.1, 0.15) is 32.1 Å². The Hall–Kier alpha value is -3.69. The van der Waals surface area contributed by atoms with Crippen LogP contribution in [0.5, 0.6) is 0 Å². The SMILES string of the molecule is O=C(NCc1ccccc1)c1c2n(c(=O)n1-c1ccc(F)cc1)CCN(C(=O)c1ccc(Br)c(Cl)c1)C2. The number of aromatic nitrogens is 2. The quantitative estimate of drug-likeness (QED) is 0.368. The normalized spacial score (nSPS) is 12.8. The molecule has 188 valence electrons. The molecule has 5 rings (SSSR count). The molecule has 3 aromatic carbocycles. The maximum absolute atomic E-state index is 13.6. The third kappa shape index (κ3) is 4.97. The van der Waals surface area contributed by atoms with Gasteiger partial charge in [-0.1, -0.05) is 41.9 Å². The van der Waals surface area contributed by atoms with Crippen molar-refractivity contribution in [3.8, 4) is 5.69 Å². The Kier molecular flexibility index (Phi) is 6.99. The van der Waals surface area contributed by atoms with Gasteiger partial charge in [-0.3, -0.25) is 18.7 Å². The fourth-order valence-electron chi connectivity index (χ4n) is 4.37. The summed E-state index contributed by atoms with van der Waals surface area (Å²) in [6.45, 7) is 0.779. The number of benzene rings is 3. The van der Waals surface area contributed by atoms with Crippen molar-refractivity contribution in [2.24, 2.45) is 0 Å². The van der Waals surface area contributed by atoms with Gasteiger partial charge < -0.3 is 10.2 Å². The van der Waals surface area contributed by atoms with E-state index in [1.165, 1.54) is 33.4 Å². The van der Waals surface area contributed by atoms with E-state index in [2.05, 4.69) is 21.2 Å². The summed E-state index contributed by atoms with van der Waals surface area (Å²) < 4.78 is 17.1. The summed E-state index contributed by atoms with van der Waals surface area (Å²) in [5, 5.41) is 3.28. The lowest BCUT2D eigenvalue weighted by atomic mass is 10.1. The predicted molar refractivity (Wildman–Crippen MR) is 141 cm³/mol. The van der Waals surface area contributed by atoms with Crippen LogP contribution in [0, 0.1) is 5.82 Å². The Morgan fingerprint density at radius 1 is 1.00 bits per heavy atom. The van der Waals surface area contributed by atoms with Gasteiger partial charge in [0.25, 0.3) is 11.8 Å². The highest BCUT2D eigenvalue weighted by atomic mass is 79.9. The van der Waals surface area contributed by atoms with Crippen molar-refractivity contribution in [3.05, 3.63) is 121 Å². The first-order valence-electron chi connectivity index (χ1n) is 11.5. The summed E-state index contributed by atoms with van der Waals surface area (Å²) in [5.41, 5.74) is 1.74. The van der Waals surface area contributed by atoms with E-state index in [1.807, 2.05) is 30.3 Å². The largest absolute Gasteiger partial charge is 0.347 e. The number of carbonyl (C=O) groups excluding carboxylic acids is 2. The molecule has 0 fully saturated rings. The fourth-order valence-corrected chi connectivity index (χ4v) is 4.80. The standard InChI is InChI=1S/C27H21BrClFN4O3/c28-21-11-6-18(14-22(21)29)26(36)32-12-13-33-23(16-32)24(25(35)31-15-17-4-2-1-3-5-17)34(27(33)37)20-9-7-19(30)8-10-20/h1-11,14H,12-13,15-16H2,(H,31,35). The van der Waals surface area contributed by atoms with Gasteiger partial charge in [-0.15, -0.1) is 0 Å². The molecule has 0 bridgehead atoms. The molecule has 1 aliphatic heterocycles. The number of halogens is 3. The highest BCUT2D eigenvalue weighted by Gasteiger charge is 2.32. The fraction of sp³-hybridized carbons (Fsp3) is 0.148. The van der Waals surface area contributed by atoms with Gasteiger partial charge in [0.1, 0.15) is 11.5 Å². The van der Waals surface area contributed by atoms with Crippen LogP contribution in [0.25, 0.3) is 5.69 Å². The van der Waals surface area contributed by atoms with Gasteiger partial charge in [0.15, 0.2) is 0 Å². The molecule has 0 saturated heterocycles. The highest BCUT2D eigenvalue weighted by Crippen LogP contribution is 2.26. The van der Waals surface area contributed by atoms with Gasteiger partial charge in [0.2, 0.25) is 0 Å². The minimum atomic E-state index is -0.472. The van der Waals surface area contributed by atoms with Crippen molar-refractivity contribution in [2.45, 2.75) is 19.6 Å². The van der Waals surface area contributed by atoms with Crippen LogP contribution >= 0.6 is 27.5 Å². The molecule has 0 atom stereocenters. The molecular formula is C27H21BrClFN4O3. The van der Waals surface area contributed by atoms with Crippen molar-refractivity contribution in [3.63, 3.8) is 0 Å². The molecule has 1 N–H and O–H groups in total. The number of nitrogens with one attached hydrogen (secondary N) is 1. The minimum Gasteiger partial charge on any atom is -0.347 e. The predicted octanol–water partition coefficient (Wildman–Crippen LogP) is 4.78. The topological polar surface area (TPSA) is 76.3 Å². The van der Waals surface area contributed by atoms with Gasteiger partial charge in [-0.2, -0.15) is 0 Å². The molecule has 7 nitrogen and oxygen atoms in total. The molecule has 10 heteroatoms. The van der Waals surface area contributed by atoms with E-state index in [0.717, 1.165) is 5.56 Å². The second kappa shape index (κ2) is 10.4. The zero-order chi connectivity index (χ0) is 26.1. The Balaban J connectivity index is 1.53. The summed E-state index contributed by atoms with van der Waals surface area (Å²) in [6.07, 6.45) is 0. The maximum Gasteiger partial charge on any atom is 0.333 e. The lowest BCUT2D eigenvalue weighted by Crippen LogP contribution is -2.41. The molecule has 0 spiro atoms. The van der Waals surface area contributed by atoms with Crippen LogP contribution in [0.4, 0.5) is 4.39 Å². The van der Waals surface area contributed by atoms with Crippen LogP contribution in [-0.4, -0.2) is 32.4 Å². The number of carbonyl (C=O) groups is 2. The molecular weight excluding hydrogens is 563 g/mol. The summed E-state index contributed by atoms with van der Waals surface area (Å²) in [4.78, 5) is 41.8. The van der Waals surface area contributed by atoms with E-state index >= 15 is 0 Å². The van der Waals surface area contributed by atoms with Gasteiger partial charge in [-0.25, -0.2) is 9.18 Å². The third-order valence-corrected chi connectivity index (χ3v) is 7.46. The first-order chi connectivity index (χ1) is 17.8. The number of hydrogen-bond acceptors (Lipinski definition) is 3. The summed E-state index contributed by atoms with van der Waals surface area (Å²) in [7, 11) is 0. The minimum absolute atomic E-state index is 0.0457. The first-order valence-corrected chi connectivity index (χ1v) is 12.7. The van der Waals surface area contributed by atoms with Gasteiger partial charge in [-0.05, 0) is 64.0 Å². The van der Waals surface area contributed by atoms with E-state index in [-0.39, 0.29) is 37.8 Å². The number of rotatable bonds is 5. The van der Waals surface area contributed by atoms with Crippen LogP contribution in [0.2, 0.25) is 5.02 Å². The van der Waals surface area contributed by atoms with Crippen LogP contribution in [0.15, 0.2) is 82.1 Å². The molecule has 1 aliphatic rings. The Morgan fingerprint density at radius 3 is 2.43 bits per heavy atom. The van der Waals surface area contributed by atoms with E-state index < -0.39 is 17.4 Å². The van der Waals surface area contributed by atoms with Crippen molar-refractivity contribution in [1.29, 1.82) is 0 Å². The number of amides is 2. The zero-order valence-corrected chi connectivity index (χ0v) is 21.8. The molecule has 2 heterocycles. The van der Waals surface area contributed by atoms with Gasteiger partial charge >= 0.3 is 5.69 Å². The second-order valence-corrected chi connectivity index (χ2v) is 9.83. The lowest BCUT2D eigenvalue weighted by molar-refractivity contribution is 0.0706. The Bertz CT molecular complexity index is 1550. The van der Waals surface area contributed by atoms with Gasteiger partial charge in [0.05, 0.1) is 22.9 Å². The second-order valence-electron chi connectivity index (χ2n) is 8.57. The first kappa shape index (κ1) is 25.0. The molecule has 0 radical (unpaired) electrons. The van der Waals surface area contributed by atoms with E-state index in [9.17, 15) is 18.8 Å². The number of imidazole rings is 1.